The largest absolute Gasteiger partial charge is 0.356 e. The van der Waals surface area contributed by atoms with Gasteiger partial charge in [-0.25, -0.2) is 0 Å². The Hall–Kier alpha value is -0.570. The molecule has 76 valence electrons. The van der Waals surface area contributed by atoms with Crippen molar-refractivity contribution >= 4 is 5.91 Å². The van der Waals surface area contributed by atoms with E-state index in [1.54, 1.807) is 0 Å². The molecule has 1 unspecified atom stereocenters. The summed E-state index contributed by atoms with van der Waals surface area (Å²) in [4.78, 5) is 11.3. The average Bonchev–Trinajstić information content (AvgIpc) is 2.01. The van der Waals surface area contributed by atoms with Gasteiger partial charge in [0.2, 0.25) is 5.91 Å². The topological polar surface area (TPSA) is 55.1 Å². The van der Waals surface area contributed by atoms with Crippen molar-refractivity contribution < 1.29 is 4.79 Å². The zero-order valence-corrected chi connectivity index (χ0v) is 8.38. The first-order valence-corrected chi connectivity index (χ1v) is 5.27. The van der Waals surface area contributed by atoms with Gasteiger partial charge in [0.1, 0.15) is 0 Å². The fourth-order valence-electron chi connectivity index (χ4n) is 1.40. The van der Waals surface area contributed by atoms with Crippen molar-refractivity contribution in [2.24, 2.45) is 11.7 Å². The van der Waals surface area contributed by atoms with Crippen LogP contribution in [0.1, 0.15) is 39.0 Å². The first-order chi connectivity index (χ1) is 6.24. The molecule has 1 fully saturated rings. The summed E-state index contributed by atoms with van der Waals surface area (Å²) in [5, 5.41) is 2.93. The van der Waals surface area contributed by atoms with Gasteiger partial charge in [0.05, 0.1) is 0 Å². The SMILES string of the molecule is CCC(N)CCNC(=O)C1CCC1. The van der Waals surface area contributed by atoms with E-state index in [0.29, 0.717) is 5.92 Å². The minimum Gasteiger partial charge on any atom is -0.356 e. The summed E-state index contributed by atoms with van der Waals surface area (Å²) >= 11 is 0. The molecule has 1 rings (SSSR count). The Labute approximate surface area is 80.1 Å². The minimum absolute atomic E-state index is 0.231. The van der Waals surface area contributed by atoms with E-state index in [-0.39, 0.29) is 11.9 Å². The predicted molar refractivity (Wildman–Crippen MR) is 53.2 cm³/mol. The first-order valence-electron chi connectivity index (χ1n) is 5.27. The van der Waals surface area contributed by atoms with Gasteiger partial charge in [-0.15, -0.1) is 0 Å². The van der Waals surface area contributed by atoms with E-state index < -0.39 is 0 Å². The highest BCUT2D eigenvalue weighted by atomic mass is 16.1. The van der Waals surface area contributed by atoms with Gasteiger partial charge in [-0.3, -0.25) is 4.79 Å². The molecule has 3 N–H and O–H groups in total. The van der Waals surface area contributed by atoms with E-state index in [1.165, 1.54) is 6.42 Å². The molecule has 1 amide bonds. The second kappa shape index (κ2) is 5.22. The summed E-state index contributed by atoms with van der Waals surface area (Å²) in [5.74, 6) is 0.535. The summed E-state index contributed by atoms with van der Waals surface area (Å²) in [6.45, 7) is 2.81. The monoisotopic (exact) mass is 184 g/mol. The van der Waals surface area contributed by atoms with Crippen LogP contribution in [0.2, 0.25) is 0 Å². The smallest absolute Gasteiger partial charge is 0.223 e. The van der Waals surface area contributed by atoms with E-state index in [4.69, 9.17) is 5.73 Å². The summed E-state index contributed by atoms with van der Waals surface area (Å²) in [6, 6.07) is 0.238. The number of carbonyl (C=O) groups excluding carboxylic acids is 1. The lowest BCUT2D eigenvalue weighted by Gasteiger charge is -2.24. The Morgan fingerprint density at radius 1 is 1.62 bits per heavy atom. The molecule has 13 heavy (non-hydrogen) atoms. The molecule has 3 nitrogen and oxygen atoms in total. The van der Waals surface area contributed by atoms with Crippen LogP contribution < -0.4 is 11.1 Å². The fourth-order valence-corrected chi connectivity index (χ4v) is 1.40. The molecule has 0 aromatic rings. The number of nitrogens with two attached hydrogens (primary N) is 1. The van der Waals surface area contributed by atoms with Crippen molar-refractivity contribution in [1.29, 1.82) is 0 Å². The molecule has 0 saturated heterocycles. The third-order valence-corrected chi connectivity index (χ3v) is 2.81. The number of hydrogen-bond acceptors (Lipinski definition) is 2. The maximum atomic E-state index is 11.3. The number of amides is 1. The normalized spacial score (nSPS) is 19.2. The van der Waals surface area contributed by atoms with Crippen LogP contribution in [0.15, 0.2) is 0 Å². The van der Waals surface area contributed by atoms with Crippen molar-refractivity contribution in [3.63, 3.8) is 0 Å². The lowest BCUT2D eigenvalue weighted by atomic mass is 9.85. The molecule has 0 bridgehead atoms. The number of hydrogen-bond donors (Lipinski definition) is 2. The maximum absolute atomic E-state index is 11.3. The van der Waals surface area contributed by atoms with Gasteiger partial charge in [-0.1, -0.05) is 13.3 Å². The summed E-state index contributed by atoms with van der Waals surface area (Å²) in [7, 11) is 0. The molecule has 0 spiro atoms. The maximum Gasteiger partial charge on any atom is 0.223 e. The Morgan fingerprint density at radius 2 is 2.31 bits per heavy atom. The standard InChI is InChI=1S/C10H20N2O/c1-2-9(11)6-7-12-10(13)8-4-3-5-8/h8-9H,2-7,11H2,1H3,(H,12,13). The van der Waals surface area contributed by atoms with Crippen LogP contribution in [0.5, 0.6) is 0 Å². The Morgan fingerprint density at radius 3 is 2.77 bits per heavy atom. The molecule has 1 aliphatic rings. The van der Waals surface area contributed by atoms with Crippen molar-refractivity contribution in [2.75, 3.05) is 6.54 Å². The Bertz CT molecular complexity index is 166. The van der Waals surface area contributed by atoms with Crippen LogP contribution in [-0.4, -0.2) is 18.5 Å². The fraction of sp³-hybridized carbons (Fsp3) is 0.900. The predicted octanol–water partition coefficient (Wildman–Crippen LogP) is 1.03. The average molecular weight is 184 g/mol. The van der Waals surface area contributed by atoms with Gasteiger partial charge in [0.15, 0.2) is 0 Å². The van der Waals surface area contributed by atoms with E-state index in [1.807, 2.05) is 0 Å². The molecule has 3 heteroatoms. The second-order valence-corrected chi connectivity index (χ2v) is 3.88. The Balaban J connectivity index is 2.01. The quantitative estimate of drug-likeness (QED) is 0.670. The van der Waals surface area contributed by atoms with Crippen molar-refractivity contribution in [1.82, 2.24) is 5.32 Å². The zero-order valence-electron chi connectivity index (χ0n) is 8.38. The Kier molecular flexibility index (Phi) is 4.22. The summed E-state index contributed by atoms with van der Waals surface area (Å²) in [6.07, 6.45) is 5.25. The lowest BCUT2D eigenvalue weighted by Crippen LogP contribution is -2.36. The van der Waals surface area contributed by atoms with Crippen LogP contribution in [-0.2, 0) is 4.79 Å². The molecule has 1 aliphatic carbocycles. The van der Waals surface area contributed by atoms with Crippen molar-refractivity contribution in [3.8, 4) is 0 Å². The molecular formula is C10H20N2O. The van der Waals surface area contributed by atoms with Crippen LogP contribution in [0.3, 0.4) is 0 Å². The van der Waals surface area contributed by atoms with Gasteiger partial charge in [0, 0.05) is 18.5 Å². The van der Waals surface area contributed by atoms with E-state index in [0.717, 1.165) is 32.2 Å². The molecule has 0 aromatic heterocycles. The van der Waals surface area contributed by atoms with Crippen LogP contribution in [0, 0.1) is 5.92 Å². The third-order valence-electron chi connectivity index (χ3n) is 2.81. The summed E-state index contributed by atoms with van der Waals surface area (Å²) in [5.41, 5.74) is 5.73. The molecule has 1 saturated carbocycles. The number of carbonyl (C=O) groups is 1. The molecule has 1 atom stereocenters. The van der Waals surface area contributed by atoms with Crippen LogP contribution >= 0.6 is 0 Å². The third kappa shape index (κ3) is 3.35. The van der Waals surface area contributed by atoms with E-state index in [9.17, 15) is 4.79 Å². The highest BCUT2D eigenvalue weighted by Crippen LogP contribution is 2.25. The van der Waals surface area contributed by atoms with Crippen molar-refractivity contribution in [3.05, 3.63) is 0 Å². The van der Waals surface area contributed by atoms with Gasteiger partial charge in [-0.2, -0.15) is 0 Å². The first kappa shape index (κ1) is 10.5. The molecule has 0 aromatic carbocycles. The molecular weight excluding hydrogens is 164 g/mol. The van der Waals surface area contributed by atoms with Gasteiger partial charge in [-0.05, 0) is 25.7 Å². The molecule has 0 aliphatic heterocycles. The van der Waals surface area contributed by atoms with Crippen LogP contribution in [0.25, 0.3) is 0 Å². The van der Waals surface area contributed by atoms with Gasteiger partial charge in [0.25, 0.3) is 0 Å². The van der Waals surface area contributed by atoms with Crippen LogP contribution in [0.4, 0.5) is 0 Å². The second-order valence-electron chi connectivity index (χ2n) is 3.88. The van der Waals surface area contributed by atoms with Gasteiger partial charge < -0.3 is 11.1 Å². The minimum atomic E-state index is 0.231. The van der Waals surface area contributed by atoms with Gasteiger partial charge >= 0.3 is 0 Å². The number of nitrogens with one attached hydrogen (secondary N) is 1. The van der Waals surface area contributed by atoms with E-state index >= 15 is 0 Å². The molecule has 0 heterocycles. The van der Waals surface area contributed by atoms with Crippen molar-refractivity contribution in [2.45, 2.75) is 45.1 Å². The lowest BCUT2D eigenvalue weighted by molar-refractivity contribution is -0.127. The summed E-state index contributed by atoms with van der Waals surface area (Å²) < 4.78 is 0. The van der Waals surface area contributed by atoms with E-state index in [2.05, 4.69) is 12.2 Å². The zero-order chi connectivity index (χ0) is 9.68. The molecule has 0 radical (unpaired) electrons. The highest BCUT2D eigenvalue weighted by molar-refractivity contribution is 5.79. The highest BCUT2D eigenvalue weighted by Gasteiger charge is 2.24. The number of rotatable bonds is 5.